The van der Waals surface area contributed by atoms with Gasteiger partial charge in [-0.1, -0.05) is 44.9 Å². The molecule has 140 valence electrons. The van der Waals surface area contributed by atoms with Gasteiger partial charge in [-0.05, 0) is 41.9 Å². The lowest BCUT2D eigenvalue weighted by Crippen LogP contribution is -2.39. The van der Waals surface area contributed by atoms with Gasteiger partial charge in [-0.15, -0.1) is 12.4 Å². The molecule has 0 aromatic heterocycles. The van der Waals surface area contributed by atoms with E-state index in [-0.39, 0.29) is 30.5 Å². The highest BCUT2D eigenvalue weighted by Gasteiger charge is 2.25. The Hall–Kier alpha value is -1.10. The summed E-state index contributed by atoms with van der Waals surface area (Å²) in [6.07, 6.45) is 5.33. The summed E-state index contributed by atoms with van der Waals surface area (Å²) in [7, 11) is 0. The van der Waals surface area contributed by atoms with Crippen molar-refractivity contribution in [1.29, 1.82) is 0 Å². The number of amides is 1. The minimum absolute atomic E-state index is 0. The molecule has 5 heteroatoms. The van der Waals surface area contributed by atoms with Gasteiger partial charge in [0, 0.05) is 19.6 Å². The minimum Gasteiger partial charge on any atom is -0.365 e. The van der Waals surface area contributed by atoms with Gasteiger partial charge in [-0.2, -0.15) is 0 Å². The third kappa shape index (κ3) is 5.44. The monoisotopic (exact) mass is 366 g/mol. The third-order valence-electron chi connectivity index (χ3n) is 5.28. The third-order valence-corrected chi connectivity index (χ3v) is 5.28. The average Bonchev–Trinajstić information content (AvgIpc) is 3.05. The zero-order valence-corrected chi connectivity index (χ0v) is 16.2. The highest BCUT2D eigenvalue weighted by molar-refractivity contribution is 5.85. The molecule has 1 aliphatic carbocycles. The molecule has 0 spiro atoms. The predicted molar refractivity (Wildman–Crippen MR) is 103 cm³/mol. The molecule has 1 heterocycles. The fourth-order valence-corrected chi connectivity index (χ4v) is 3.84. The fraction of sp³-hybridized carbons (Fsp3) is 0.650. The van der Waals surface area contributed by atoms with E-state index in [2.05, 4.69) is 35.8 Å². The van der Waals surface area contributed by atoms with Crippen LogP contribution in [0.4, 0.5) is 0 Å². The summed E-state index contributed by atoms with van der Waals surface area (Å²) in [6, 6.07) is 6.46. The maximum atomic E-state index is 12.5. The van der Waals surface area contributed by atoms with Crippen molar-refractivity contribution in [2.24, 2.45) is 5.92 Å². The summed E-state index contributed by atoms with van der Waals surface area (Å²) >= 11 is 0. The highest BCUT2D eigenvalue weighted by atomic mass is 35.5. The predicted octanol–water partition coefficient (Wildman–Crippen LogP) is 3.70. The van der Waals surface area contributed by atoms with E-state index in [1.807, 2.05) is 6.92 Å². The summed E-state index contributed by atoms with van der Waals surface area (Å²) in [6.45, 7) is 6.76. The van der Waals surface area contributed by atoms with Crippen molar-refractivity contribution in [2.75, 3.05) is 0 Å². The number of hydrogen-bond acceptors (Lipinski definition) is 3. The van der Waals surface area contributed by atoms with E-state index in [0.717, 1.165) is 37.9 Å². The van der Waals surface area contributed by atoms with Gasteiger partial charge in [-0.25, -0.2) is 0 Å². The molecule has 2 N–H and O–H groups in total. The van der Waals surface area contributed by atoms with Crippen LogP contribution in [-0.2, 0) is 29.2 Å². The Balaban J connectivity index is 0.00000225. The van der Waals surface area contributed by atoms with E-state index in [9.17, 15) is 4.79 Å². The average molecular weight is 367 g/mol. The second kappa shape index (κ2) is 9.56. The van der Waals surface area contributed by atoms with E-state index in [0.29, 0.717) is 12.5 Å². The normalized spacial score (nSPS) is 23.4. The summed E-state index contributed by atoms with van der Waals surface area (Å²) in [5, 5.41) is 6.41. The first-order valence-corrected chi connectivity index (χ1v) is 9.40. The largest absolute Gasteiger partial charge is 0.365 e. The lowest BCUT2D eigenvalue weighted by Gasteiger charge is -2.29. The number of carbonyl (C=O) groups is 1. The van der Waals surface area contributed by atoms with Gasteiger partial charge in [0.15, 0.2) is 0 Å². The Morgan fingerprint density at radius 2 is 2.12 bits per heavy atom. The summed E-state index contributed by atoms with van der Waals surface area (Å²) in [4.78, 5) is 12.5. The molecule has 1 aromatic carbocycles. The van der Waals surface area contributed by atoms with Crippen molar-refractivity contribution in [1.82, 2.24) is 10.6 Å². The quantitative estimate of drug-likeness (QED) is 0.807. The molecule has 0 saturated heterocycles. The van der Waals surface area contributed by atoms with Crippen LogP contribution in [0.25, 0.3) is 0 Å². The molecular weight excluding hydrogens is 336 g/mol. The molecule has 1 saturated carbocycles. The summed E-state index contributed by atoms with van der Waals surface area (Å²) in [5.74, 6) is 0.735. The molecular formula is C20H31ClN2O2. The molecule has 3 unspecified atom stereocenters. The first-order chi connectivity index (χ1) is 11.7. The van der Waals surface area contributed by atoms with Crippen LogP contribution in [0.2, 0.25) is 0 Å². The molecule has 25 heavy (non-hydrogen) atoms. The molecule has 3 atom stereocenters. The van der Waals surface area contributed by atoms with Crippen molar-refractivity contribution >= 4 is 18.3 Å². The van der Waals surface area contributed by atoms with Crippen molar-refractivity contribution in [3.63, 3.8) is 0 Å². The van der Waals surface area contributed by atoms with Crippen molar-refractivity contribution < 1.29 is 9.53 Å². The Labute approximate surface area is 157 Å². The number of benzene rings is 1. The number of ether oxygens (including phenoxy) is 1. The Kier molecular flexibility index (Phi) is 7.73. The van der Waals surface area contributed by atoms with Crippen LogP contribution < -0.4 is 10.6 Å². The molecule has 0 radical (unpaired) electrons. The Bertz CT molecular complexity index is 579. The van der Waals surface area contributed by atoms with Crippen LogP contribution >= 0.6 is 12.4 Å². The molecule has 2 aliphatic rings. The van der Waals surface area contributed by atoms with Gasteiger partial charge in [-0.3, -0.25) is 4.79 Å². The number of halogens is 1. The SMILES string of the molecule is CCC(OC1CCCC(C)C1)C(=O)NCc1ccc2c(c1)CNC2.Cl. The first-order valence-electron chi connectivity index (χ1n) is 9.40. The molecule has 4 nitrogen and oxygen atoms in total. The van der Waals surface area contributed by atoms with Crippen molar-refractivity contribution in [3.8, 4) is 0 Å². The van der Waals surface area contributed by atoms with Crippen molar-refractivity contribution in [2.45, 2.75) is 77.8 Å². The Morgan fingerprint density at radius 3 is 2.88 bits per heavy atom. The molecule has 3 rings (SSSR count). The van der Waals surface area contributed by atoms with Gasteiger partial charge in [0.2, 0.25) is 5.91 Å². The zero-order valence-electron chi connectivity index (χ0n) is 15.3. The topological polar surface area (TPSA) is 50.4 Å². The number of carbonyl (C=O) groups excluding carboxylic acids is 1. The molecule has 1 amide bonds. The van der Waals surface area contributed by atoms with E-state index in [1.165, 1.54) is 24.0 Å². The highest BCUT2D eigenvalue weighted by Crippen LogP contribution is 2.27. The summed E-state index contributed by atoms with van der Waals surface area (Å²) < 4.78 is 6.11. The number of rotatable bonds is 6. The van der Waals surface area contributed by atoms with Gasteiger partial charge in [0.1, 0.15) is 6.10 Å². The van der Waals surface area contributed by atoms with Crippen LogP contribution in [0.5, 0.6) is 0 Å². The van der Waals surface area contributed by atoms with E-state index in [4.69, 9.17) is 4.74 Å². The minimum atomic E-state index is -0.323. The van der Waals surface area contributed by atoms with E-state index < -0.39 is 0 Å². The second-order valence-electron chi connectivity index (χ2n) is 7.35. The van der Waals surface area contributed by atoms with Crippen LogP contribution in [0.3, 0.4) is 0 Å². The van der Waals surface area contributed by atoms with Crippen LogP contribution in [0.15, 0.2) is 18.2 Å². The number of nitrogens with one attached hydrogen (secondary N) is 2. The van der Waals surface area contributed by atoms with E-state index >= 15 is 0 Å². The lowest BCUT2D eigenvalue weighted by molar-refractivity contribution is -0.139. The zero-order chi connectivity index (χ0) is 16.9. The standard InChI is InChI=1S/C20H30N2O2.ClH/c1-3-19(24-18-6-4-5-14(2)9-18)20(23)22-11-15-7-8-16-12-21-13-17(16)10-15;/h7-8,10,14,18-19,21H,3-6,9,11-13H2,1-2H3,(H,22,23);1H. The first kappa shape index (κ1) is 20.2. The van der Waals surface area contributed by atoms with Crippen LogP contribution in [0.1, 0.15) is 62.6 Å². The second-order valence-corrected chi connectivity index (χ2v) is 7.35. The van der Waals surface area contributed by atoms with Crippen molar-refractivity contribution in [3.05, 3.63) is 34.9 Å². The lowest BCUT2D eigenvalue weighted by atomic mass is 9.88. The van der Waals surface area contributed by atoms with Crippen LogP contribution in [-0.4, -0.2) is 18.1 Å². The number of fused-ring (bicyclic) bond motifs is 1. The molecule has 1 aromatic rings. The maximum Gasteiger partial charge on any atom is 0.249 e. The molecule has 1 aliphatic heterocycles. The van der Waals surface area contributed by atoms with Gasteiger partial charge in [0.25, 0.3) is 0 Å². The fourth-order valence-electron chi connectivity index (χ4n) is 3.84. The molecule has 1 fully saturated rings. The smallest absolute Gasteiger partial charge is 0.249 e. The Morgan fingerprint density at radius 1 is 1.32 bits per heavy atom. The summed E-state index contributed by atoms with van der Waals surface area (Å²) in [5.41, 5.74) is 3.87. The van der Waals surface area contributed by atoms with Gasteiger partial charge in [0.05, 0.1) is 6.10 Å². The molecule has 0 bridgehead atoms. The van der Waals surface area contributed by atoms with Crippen LogP contribution in [0, 0.1) is 5.92 Å². The maximum absolute atomic E-state index is 12.5. The van der Waals surface area contributed by atoms with Gasteiger partial charge < -0.3 is 15.4 Å². The number of hydrogen-bond donors (Lipinski definition) is 2. The van der Waals surface area contributed by atoms with Gasteiger partial charge >= 0.3 is 0 Å². The van der Waals surface area contributed by atoms with E-state index in [1.54, 1.807) is 0 Å².